The number of nitrogens with two attached hydrogens (primary N) is 2. The lowest BCUT2D eigenvalue weighted by Crippen LogP contribution is -2.41. The zero-order valence-electron chi connectivity index (χ0n) is 25.1. The number of nitrogens with one attached hydrogen (secondary N) is 3. The number of thiophene rings is 1. The molecule has 0 fully saturated rings. The van der Waals surface area contributed by atoms with Crippen LogP contribution >= 0.6 is 23.1 Å². The summed E-state index contributed by atoms with van der Waals surface area (Å²) in [4.78, 5) is 63.9. The predicted octanol–water partition coefficient (Wildman–Crippen LogP) is 1.21. The van der Waals surface area contributed by atoms with Gasteiger partial charge in [-0.3, -0.25) is 24.0 Å². The minimum atomic E-state index is -0.962. The van der Waals surface area contributed by atoms with E-state index in [2.05, 4.69) is 54.2 Å². The maximum absolute atomic E-state index is 11.3. The Bertz CT molecular complexity index is 1100. The Hall–Kier alpha value is -4.11. The van der Waals surface area contributed by atoms with Gasteiger partial charge in [0.2, 0.25) is 30.0 Å². The molecule has 1 unspecified atom stereocenters. The van der Waals surface area contributed by atoms with Crippen LogP contribution in [0.2, 0.25) is 0 Å². The molecular weight excluding hydrogens is 598 g/mol. The highest BCUT2D eigenvalue weighted by atomic mass is 32.2. The third-order valence-corrected chi connectivity index (χ3v) is 6.55. The minimum Gasteiger partial charge on any atom is -0.482 e. The number of amides is 5. The second kappa shape index (κ2) is 25.6. The van der Waals surface area contributed by atoms with E-state index in [0.29, 0.717) is 23.8 Å². The number of carboxylic acid groups (broad SMARTS) is 1. The number of rotatable bonds is 14. The molecule has 0 saturated heterocycles. The molecular formula is C28H43N5O8S2. The van der Waals surface area contributed by atoms with Crippen molar-refractivity contribution >= 4 is 59.1 Å². The molecule has 43 heavy (non-hydrogen) atoms. The molecule has 0 aliphatic rings. The zero-order valence-corrected chi connectivity index (χ0v) is 26.7. The van der Waals surface area contributed by atoms with Gasteiger partial charge in [-0.15, -0.1) is 11.3 Å². The van der Waals surface area contributed by atoms with Gasteiger partial charge in [0.05, 0.1) is 18.8 Å². The molecule has 1 heterocycles. The summed E-state index contributed by atoms with van der Waals surface area (Å²) in [6.45, 7) is 9.08. The van der Waals surface area contributed by atoms with Gasteiger partial charge in [-0.25, -0.2) is 4.79 Å². The van der Waals surface area contributed by atoms with E-state index in [4.69, 9.17) is 21.3 Å². The summed E-state index contributed by atoms with van der Waals surface area (Å²) >= 11 is 3.30. The summed E-state index contributed by atoms with van der Waals surface area (Å²) in [5.41, 5.74) is 10.7. The second-order valence-corrected chi connectivity index (χ2v) is 11.2. The van der Waals surface area contributed by atoms with E-state index in [0.717, 1.165) is 11.3 Å². The van der Waals surface area contributed by atoms with Crippen LogP contribution in [-0.4, -0.2) is 78.4 Å². The topological polar surface area (TPSA) is 220 Å². The van der Waals surface area contributed by atoms with Gasteiger partial charge in [-0.1, -0.05) is 37.6 Å². The van der Waals surface area contributed by atoms with Crippen LogP contribution in [0.25, 0.3) is 0 Å². The van der Waals surface area contributed by atoms with Crippen LogP contribution in [0.3, 0.4) is 0 Å². The van der Waals surface area contributed by atoms with Crippen molar-refractivity contribution in [2.75, 3.05) is 31.2 Å². The summed E-state index contributed by atoms with van der Waals surface area (Å²) in [6, 6.07) is 10.8. The van der Waals surface area contributed by atoms with Gasteiger partial charge in [0.1, 0.15) is 11.8 Å². The lowest BCUT2D eigenvalue weighted by Gasteiger charge is -2.06. The molecule has 1 atom stereocenters. The van der Waals surface area contributed by atoms with Crippen molar-refractivity contribution in [3.8, 4) is 5.75 Å². The van der Waals surface area contributed by atoms with E-state index in [-0.39, 0.29) is 25.6 Å². The molecule has 13 nitrogen and oxygen atoms in total. The highest BCUT2D eigenvalue weighted by Crippen LogP contribution is 2.10. The largest absolute Gasteiger partial charge is 0.482 e. The average Bonchev–Trinajstić information content (AvgIpc) is 3.42. The number of benzene rings is 1. The number of primary amides is 2. The number of thioether (sulfide) groups is 1. The third-order valence-electron chi connectivity index (χ3n) is 4.38. The molecule has 0 saturated carbocycles. The Balaban J connectivity index is 0. The molecule has 5 amide bonds. The smallest absolute Gasteiger partial charge is 0.341 e. The lowest BCUT2D eigenvalue weighted by atomic mass is 10.2. The van der Waals surface area contributed by atoms with Crippen LogP contribution in [-0.2, 0) is 28.8 Å². The molecule has 0 aliphatic carbocycles. The number of hydrogen-bond donors (Lipinski definition) is 6. The van der Waals surface area contributed by atoms with E-state index >= 15 is 0 Å². The van der Waals surface area contributed by atoms with Crippen LogP contribution in [0.4, 0.5) is 0 Å². The number of ether oxygens (including phenoxy) is 1. The van der Waals surface area contributed by atoms with Crippen LogP contribution in [0.5, 0.6) is 5.75 Å². The van der Waals surface area contributed by atoms with E-state index in [9.17, 15) is 28.8 Å². The summed E-state index contributed by atoms with van der Waals surface area (Å²) in [5, 5.41) is 17.3. The Morgan fingerprint density at radius 1 is 0.977 bits per heavy atom. The highest BCUT2D eigenvalue weighted by molar-refractivity contribution is 7.99. The van der Waals surface area contributed by atoms with Crippen molar-refractivity contribution in [3.05, 3.63) is 52.2 Å². The maximum Gasteiger partial charge on any atom is 0.341 e. The Kier molecular flexibility index (Phi) is 24.4. The van der Waals surface area contributed by atoms with E-state index in [1.54, 1.807) is 23.5 Å². The quantitative estimate of drug-likeness (QED) is 0.163. The lowest BCUT2D eigenvalue weighted by molar-refractivity contribution is -0.139. The first-order chi connectivity index (χ1) is 20.2. The van der Waals surface area contributed by atoms with Crippen LogP contribution in [0.15, 0.2) is 41.8 Å². The molecule has 0 aliphatic heterocycles. The summed E-state index contributed by atoms with van der Waals surface area (Å²) < 4.78 is 4.92. The Morgan fingerprint density at radius 3 is 1.98 bits per heavy atom. The van der Waals surface area contributed by atoms with Crippen molar-refractivity contribution < 1.29 is 38.6 Å². The number of carbonyl (C=O) groups is 6. The molecule has 1 aromatic heterocycles. The molecule has 0 bridgehead atoms. The van der Waals surface area contributed by atoms with Crippen LogP contribution in [0, 0.1) is 19.8 Å². The maximum atomic E-state index is 11.3. The van der Waals surface area contributed by atoms with Crippen molar-refractivity contribution in [2.24, 2.45) is 17.4 Å². The van der Waals surface area contributed by atoms with E-state index < -0.39 is 29.7 Å². The summed E-state index contributed by atoms with van der Waals surface area (Å²) in [5.74, 6) is -0.363. The standard InChI is InChI=1S/C10H19N3O3S.C9H10O3.C5H6S.C4H8N2O2/c1-7(2)5-17-6-10(16)13-4-9(15)12-3-8(11)14;1-7-2-4-8(5-3-7)12-6-9(10)11;1-5-3-2-4-6-5;1-3(4(5)8)6-2-7/h7H,3-6H2,1-2H3,(H2,11,14)(H,12,15)(H,13,16);2-5H,6H2,1H3,(H,10,11);2-4H,1H3;2-3H,1H3,(H2,5,8)(H,6,7). The van der Waals surface area contributed by atoms with E-state index in [1.165, 1.54) is 23.6 Å². The van der Waals surface area contributed by atoms with Gasteiger partial charge < -0.3 is 37.3 Å². The summed E-state index contributed by atoms with van der Waals surface area (Å²) in [7, 11) is 0. The normalized spacial score (nSPS) is 10.1. The molecule has 240 valence electrons. The first-order valence-corrected chi connectivity index (χ1v) is 15.0. The SMILES string of the molecule is CC(C)CSCC(=O)NCC(=O)NCC(N)=O.CC(NC=O)C(N)=O.Cc1ccc(OCC(=O)O)cc1.Cc1cccs1. The fourth-order valence-corrected chi connectivity index (χ4v) is 3.60. The molecule has 15 heteroatoms. The number of aryl methyl sites for hydroxylation is 2. The number of carboxylic acids is 1. The Labute approximate surface area is 260 Å². The molecule has 8 N–H and O–H groups in total. The van der Waals surface area contributed by atoms with Gasteiger partial charge in [-0.2, -0.15) is 11.8 Å². The van der Waals surface area contributed by atoms with E-state index in [1.807, 2.05) is 19.1 Å². The van der Waals surface area contributed by atoms with Gasteiger partial charge >= 0.3 is 5.97 Å². The summed E-state index contributed by atoms with van der Waals surface area (Å²) in [6.07, 6.45) is 0.440. The second-order valence-electron chi connectivity index (χ2n) is 9.06. The molecule has 0 radical (unpaired) electrons. The van der Waals surface area contributed by atoms with Crippen LogP contribution in [0.1, 0.15) is 31.2 Å². The highest BCUT2D eigenvalue weighted by Gasteiger charge is 2.07. The molecule has 0 spiro atoms. The first-order valence-electron chi connectivity index (χ1n) is 13.0. The minimum absolute atomic E-state index is 0.131. The molecule has 2 aromatic rings. The average molecular weight is 642 g/mol. The van der Waals surface area contributed by atoms with Crippen molar-refractivity contribution in [2.45, 2.75) is 40.7 Å². The monoisotopic (exact) mass is 641 g/mol. The van der Waals surface area contributed by atoms with Gasteiger partial charge in [0, 0.05) is 4.88 Å². The number of hydrogen-bond acceptors (Lipinski definition) is 9. The van der Waals surface area contributed by atoms with Crippen molar-refractivity contribution in [1.82, 2.24) is 16.0 Å². The van der Waals surface area contributed by atoms with Crippen LogP contribution < -0.4 is 32.2 Å². The zero-order chi connectivity index (χ0) is 33.2. The predicted molar refractivity (Wildman–Crippen MR) is 169 cm³/mol. The third kappa shape index (κ3) is 29.2. The fourth-order valence-electron chi connectivity index (χ4n) is 2.19. The van der Waals surface area contributed by atoms with Crippen molar-refractivity contribution in [3.63, 3.8) is 0 Å². The number of carbonyl (C=O) groups excluding carboxylic acids is 5. The van der Waals surface area contributed by atoms with Gasteiger partial charge in [-0.05, 0) is 56.0 Å². The first kappa shape index (κ1) is 41.0. The van der Waals surface area contributed by atoms with Crippen molar-refractivity contribution in [1.29, 1.82) is 0 Å². The number of aliphatic carboxylic acids is 1. The Morgan fingerprint density at radius 2 is 1.58 bits per heavy atom. The fraction of sp³-hybridized carbons (Fsp3) is 0.429. The molecule has 1 aromatic carbocycles. The molecule has 2 rings (SSSR count). The van der Waals surface area contributed by atoms with Gasteiger partial charge in [0.15, 0.2) is 6.61 Å². The van der Waals surface area contributed by atoms with Gasteiger partial charge in [0.25, 0.3) is 0 Å².